The quantitative estimate of drug-likeness (QED) is 0.125. The van der Waals surface area contributed by atoms with Gasteiger partial charge >= 0.3 is 37.9 Å². The van der Waals surface area contributed by atoms with Gasteiger partial charge < -0.3 is 0 Å². The van der Waals surface area contributed by atoms with Gasteiger partial charge in [-0.1, -0.05) is 104 Å². The molecule has 0 fully saturated rings. The van der Waals surface area contributed by atoms with Crippen LogP contribution < -0.4 is 10.4 Å². The molecule has 0 nitrogen and oxygen atoms in total. The van der Waals surface area contributed by atoms with E-state index in [4.69, 9.17) is 17.0 Å². The van der Waals surface area contributed by atoms with Crippen LogP contribution in [0.15, 0.2) is 91.0 Å². The fourth-order valence-electron chi connectivity index (χ4n) is 5.42. The molecule has 0 aromatic heterocycles. The molecule has 0 unspecified atom stereocenters. The zero-order valence-corrected chi connectivity index (χ0v) is 27.9. The Bertz CT molecular complexity index is 1460. The van der Waals surface area contributed by atoms with Crippen LogP contribution in [0.1, 0.15) is 50.3 Å². The Balaban J connectivity index is 0.000000184. The van der Waals surface area contributed by atoms with Gasteiger partial charge in [0.2, 0.25) is 0 Å². The zero-order valence-electron chi connectivity index (χ0n) is 23.0. The van der Waals surface area contributed by atoms with Crippen molar-refractivity contribution in [2.75, 3.05) is 0 Å². The van der Waals surface area contributed by atoms with E-state index in [-0.39, 0.29) is 0 Å². The first-order valence-corrected chi connectivity index (χ1v) is 21.1. The van der Waals surface area contributed by atoms with Gasteiger partial charge in [0.15, 0.2) is 0 Å². The fraction of sp³-hybridized carbons (Fsp3) is 0.229. The number of aryl methyl sites for hydroxylation is 3. The van der Waals surface area contributed by atoms with Gasteiger partial charge in [0.25, 0.3) is 0 Å². The van der Waals surface area contributed by atoms with Crippen LogP contribution in [0.2, 0.25) is 0 Å². The summed E-state index contributed by atoms with van der Waals surface area (Å²) in [5.41, 5.74) is 10.1. The summed E-state index contributed by atoms with van der Waals surface area (Å²) in [6.07, 6.45) is 5.80. The summed E-state index contributed by atoms with van der Waals surface area (Å²) in [6.45, 7) is 6.78. The van der Waals surface area contributed by atoms with Gasteiger partial charge in [-0.3, -0.25) is 0 Å². The van der Waals surface area contributed by atoms with Crippen molar-refractivity contribution in [3.05, 3.63) is 114 Å². The third-order valence-electron chi connectivity index (χ3n) is 7.09. The average molecular weight is 645 g/mol. The molecule has 0 aliphatic carbocycles. The Morgan fingerprint density at radius 1 is 0.769 bits per heavy atom. The molecule has 0 amide bonds. The number of benzene rings is 4. The predicted octanol–water partition coefficient (Wildman–Crippen LogP) is 9.19. The Kier molecular flexibility index (Phi) is 11.8. The summed E-state index contributed by atoms with van der Waals surface area (Å²) in [7, 11) is 10.7. The van der Waals surface area contributed by atoms with Crippen LogP contribution in [0.3, 0.4) is 0 Å². The van der Waals surface area contributed by atoms with E-state index in [9.17, 15) is 0 Å². The second-order valence-corrected chi connectivity index (χ2v) is 14.7. The van der Waals surface area contributed by atoms with Crippen LogP contribution in [0.5, 0.6) is 0 Å². The van der Waals surface area contributed by atoms with Gasteiger partial charge in [0.05, 0.1) is 9.52 Å². The molecule has 39 heavy (non-hydrogen) atoms. The Morgan fingerprint density at radius 3 is 2.21 bits per heavy atom. The smallest absolute Gasteiger partial charge is 0.0920 e. The van der Waals surface area contributed by atoms with Crippen molar-refractivity contribution >= 4 is 47.7 Å². The predicted molar refractivity (Wildman–Crippen MR) is 170 cm³/mol. The molecule has 0 saturated heterocycles. The van der Waals surface area contributed by atoms with Crippen molar-refractivity contribution < 1.29 is 20.8 Å². The summed E-state index contributed by atoms with van der Waals surface area (Å²) < 4.78 is 0. The van der Waals surface area contributed by atoms with Gasteiger partial charge in [0.1, 0.15) is 0 Å². The Morgan fingerprint density at radius 2 is 1.46 bits per heavy atom. The van der Waals surface area contributed by atoms with Gasteiger partial charge in [0, 0.05) is 0 Å². The molecule has 5 aromatic rings. The summed E-state index contributed by atoms with van der Waals surface area (Å²) in [5.74, 6) is 0. The van der Waals surface area contributed by atoms with E-state index in [1.54, 1.807) is 0 Å². The minimum Gasteiger partial charge on any atom is -0.184 e. The summed E-state index contributed by atoms with van der Waals surface area (Å²) >= 11 is -0.826. The first-order valence-electron chi connectivity index (χ1n) is 13.8. The summed E-state index contributed by atoms with van der Waals surface area (Å²) in [6, 6.07) is 36.6. The first-order chi connectivity index (χ1) is 19.1. The number of fused-ring (bicyclic) bond motifs is 4. The molecular weight excluding hydrogens is 611 g/mol. The zero-order chi connectivity index (χ0) is 27.6. The largest absolute Gasteiger partial charge is 0.184 e. The number of hydrogen-bond donors (Lipinski definition) is 0. The van der Waals surface area contributed by atoms with Crippen LogP contribution in [0.4, 0.5) is 0 Å². The average Bonchev–Trinajstić information content (AvgIpc) is 3.55. The van der Waals surface area contributed by atoms with Crippen LogP contribution in [-0.4, -0.2) is 9.52 Å². The van der Waals surface area contributed by atoms with Crippen molar-refractivity contribution in [3.63, 3.8) is 0 Å². The maximum Gasteiger partial charge on any atom is 0.0920 e. The third kappa shape index (κ3) is 7.28. The Hall–Kier alpha value is -1.83. The van der Waals surface area contributed by atoms with Gasteiger partial charge in [-0.2, -0.15) is 35.5 Å². The van der Waals surface area contributed by atoms with E-state index in [1.807, 2.05) is 6.07 Å². The standard InChI is InChI=1S/C23H27.C12H7Si.2ClH.Zr/c1-4-9-17-15-20-14-13-19(10-5-2)23(22(20)16-17)21-12-8-7-11-18(21)6-3;1-3-7-11-9(5-1)10-6-2-4-8-12(10)13-11;;;/h7-8,11-16H,4-6,9-10H2,1-3H3;1-7H;2*1H;/q2*-1;;;+4/p-2. The van der Waals surface area contributed by atoms with Crippen molar-refractivity contribution in [2.45, 2.75) is 52.9 Å². The topological polar surface area (TPSA) is 0 Å². The molecule has 0 bridgehead atoms. The SMILES string of the molecule is CCCc1cc2c(-c3ccccc3CC)c(CCC)ccc2[cH-]1.[Cl][Zr+2][Cl].[c-]1cccc2c1[Si]c1ccccc1-2. The van der Waals surface area contributed by atoms with Crippen LogP contribution in [0, 0.1) is 6.07 Å². The maximum atomic E-state index is 4.93. The van der Waals surface area contributed by atoms with Crippen LogP contribution in [-0.2, 0) is 40.1 Å². The number of hydrogen-bond acceptors (Lipinski definition) is 0. The van der Waals surface area contributed by atoms with E-state index < -0.39 is 20.8 Å². The normalized spacial score (nSPS) is 11.0. The monoisotopic (exact) mass is 642 g/mol. The third-order valence-corrected chi connectivity index (χ3v) is 8.46. The van der Waals surface area contributed by atoms with Crippen molar-refractivity contribution in [1.29, 1.82) is 0 Å². The van der Waals surface area contributed by atoms with Crippen molar-refractivity contribution in [1.82, 2.24) is 0 Å². The minimum absolute atomic E-state index is 0.795. The molecule has 1 aliphatic rings. The van der Waals surface area contributed by atoms with E-state index in [2.05, 4.69) is 112 Å². The van der Waals surface area contributed by atoms with Crippen LogP contribution >= 0.6 is 17.0 Å². The van der Waals surface area contributed by atoms with E-state index in [1.165, 1.54) is 79.4 Å². The molecule has 0 saturated carbocycles. The minimum atomic E-state index is -0.826. The second-order valence-electron chi connectivity index (χ2n) is 9.68. The van der Waals surface area contributed by atoms with E-state index >= 15 is 0 Å². The number of halogens is 2. The molecule has 5 aromatic carbocycles. The summed E-state index contributed by atoms with van der Waals surface area (Å²) in [4.78, 5) is 0. The number of rotatable bonds is 6. The van der Waals surface area contributed by atoms with Gasteiger partial charge in [-0.05, 0) is 30.4 Å². The first kappa shape index (κ1) is 30.1. The van der Waals surface area contributed by atoms with E-state index in [0.29, 0.717) is 0 Å². The van der Waals surface area contributed by atoms with Crippen molar-refractivity contribution in [3.8, 4) is 22.3 Å². The van der Waals surface area contributed by atoms with E-state index in [0.717, 1.165) is 22.4 Å². The molecular formula is C35H34Cl2SiZr. The molecule has 2 radical (unpaired) electrons. The molecule has 6 rings (SSSR count). The van der Waals surface area contributed by atoms with Gasteiger partial charge in [-0.25, -0.2) is 0 Å². The van der Waals surface area contributed by atoms with Crippen LogP contribution in [0.25, 0.3) is 33.0 Å². The molecule has 0 N–H and O–H groups in total. The summed E-state index contributed by atoms with van der Waals surface area (Å²) in [5, 5.41) is 5.66. The molecule has 0 atom stereocenters. The molecule has 1 heterocycles. The van der Waals surface area contributed by atoms with Crippen molar-refractivity contribution in [2.24, 2.45) is 0 Å². The maximum absolute atomic E-state index is 4.93. The molecule has 1 aliphatic heterocycles. The molecule has 196 valence electrons. The molecule has 0 spiro atoms. The van der Waals surface area contributed by atoms with Gasteiger partial charge in [-0.15, -0.1) is 40.1 Å². The fourth-order valence-corrected chi connectivity index (χ4v) is 6.73. The second kappa shape index (κ2) is 15.2. The Labute approximate surface area is 255 Å². The molecule has 4 heteroatoms.